The molecule has 2 rings (SSSR count). The summed E-state index contributed by atoms with van der Waals surface area (Å²) in [7, 11) is 4.41. The normalized spacial score (nSPS) is 14.5. The van der Waals surface area contributed by atoms with Crippen molar-refractivity contribution in [2.75, 3.05) is 27.9 Å². The van der Waals surface area contributed by atoms with Crippen LogP contribution in [0.4, 0.5) is 0 Å². The van der Waals surface area contributed by atoms with Crippen molar-refractivity contribution in [3.63, 3.8) is 0 Å². The molecule has 1 aromatic carbocycles. The second-order valence-electron chi connectivity index (χ2n) is 6.61. The van der Waals surface area contributed by atoms with E-state index in [1.165, 1.54) is 51.9 Å². The number of amides is 1. The fraction of sp³-hybridized carbons (Fsp3) is 0.524. The fourth-order valence-corrected chi connectivity index (χ4v) is 3.10. The lowest BCUT2D eigenvalue weighted by Crippen LogP contribution is -2.36. The molecule has 0 saturated carbocycles. The van der Waals surface area contributed by atoms with Gasteiger partial charge in [-0.3, -0.25) is 4.79 Å². The maximum Gasteiger partial charge on any atom is 0.339 e. The van der Waals surface area contributed by atoms with Gasteiger partial charge < -0.3 is 24.3 Å². The summed E-state index contributed by atoms with van der Waals surface area (Å²) in [5.74, 6) is 0.0942. The third-order valence-electron chi connectivity index (χ3n) is 4.68. The summed E-state index contributed by atoms with van der Waals surface area (Å²) in [6, 6.07) is 2.98. The van der Waals surface area contributed by atoms with Crippen LogP contribution in [0, 0.1) is 0 Å². The highest BCUT2D eigenvalue weighted by molar-refractivity contribution is 5.93. The Morgan fingerprint density at radius 2 is 1.75 bits per heavy atom. The molecule has 1 aromatic rings. The molecule has 1 aliphatic carbocycles. The molecule has 0 fully saturated rings. The summed E-state index contributed by atoms with van der Waals surface area (Å²) < 4.78 is 21.0. The average Bonchev–Trinajstić information content (AvgIpc) is 2.72. The van der Waals surface area contributed by atoms with E-state index in [0.717, 1.165) is 19.3 Å². The summed E-state index contributed by atoms with van der Waals surface area (Å²) in [6.45, 7) is 2.09. The Bertz CT molecular complexity index is 703. The lowest BCUT2D eigenvalue weighted by Gasteiger charge is -2.17. The molecule has 7 heteroatoms. The van der Waals surface area contributed by atoms with Crippen molar-refractivity contribution in [3.8, 4) is 17.2 Å². The second-order valence-corrected chi connectivity index (χ2v) is 6.61. The zero-order valence-electron chi connectivity index (χ0n) is 17.0. The predicted octanol–water partition coefficient (Wildman–Crippen LogP) is 3.26. The van der Waals surface area contributed by atoms with Crippen LogP contribution in [0.2, 0.25) is 0 Å². The minimum absolute atomic E-state index is 0.210. The number of methoxy groups -OCH3 is 3. The first-order chi connectivity index (χ1) is 13.5. The Morgan fingerprint density at radius 1 is 1.07 bits per heavy atom. The third kappa shape index (κ3) is 5.65. The number of ether oxygens (including phenoxy) is 4. The first kappa shape index (κ1) is 21.6. The van der Waals surface area contributed by atoms with Crippen molar-refractivity contribution >= 4 is 11.9 Å². The van der Waals surface area contributed by atoms with Crippen LogP contribution >= 0.6 is 0 Å². The largest absolute Gasteiger partial charge is 0.493 e. The number of hydrogen-bond acceptors (Lipinski definition) is 6. The first-order valence-corrected chi connectivity index (χ1v) is 9.46. The van der Waals surface area contributed by atoms with E-state index in [4.69, 9.17) is 18.9 Å². The highest BCUT2D eigenvalue weighted by Crippen LogP contribution is 2.38. The summed E-state index contributed by atoms with van der Waals surface area (Å²) in [4.78, 5) is 24.7. The highest BCUT2D eigenvalue weighted by atomic mass is 16.5. The smallest absolute Gasteiger partial charge is 0.339 e. The van der Waals surface area contributed by atoms with E-state index in [-0.39, 0.29) is 11.5 Å². The minimum Gasteiger partial charge on any atom is -0.493 e. The number of nitrogens with one attached hydrogen (secondary N) is 1. The van der Waals surface area contributed by atoms with Crippen LogP contribution in [0.25, 0.3) is 0 Å². The molecule has 0 saturated heterocycles. The van der Waals surface area contributed by atoms with Gasteiger partial charge in [-0.2, -0.15) is 0 Å². The molecule has 0 heterocycles. The molecule has 1 N–H and O–H groups in total. The van der Waals surface area contributed by atoms with Gasteiger partial charge in [0.2, 0.25) is 5.75 Å². The number of esters is 1. The average molecular weight is 391 g/mol. The summed E-state index contributed by atoms with van der Waals surface area (Å²) in [5.41, 5.74) is 1.59. The van der Waals surface area contributed by atoms with E-state index in [0.29, 0.717) is 23.8 Å². The summed E-state index contributed by atoms with van der Waals surface area (Å²) in [6.07, 6.45) is 6.84. The molecule has 0 bridgehead atoms. The Morgan fingerprint density at radius 3 is 2.29 bits per heavy atom. The molecule has 1 atom stereocenters. The molecule has 0 spiro atoms. The number of allylic oxidation sites excluding steroid dienone is 1. The quantitative estimate of drug-likeness (QED) is 0.514. The molecule has 1 aliphatic rings. The van der Waals surface area contributed by atoms with Gasteiger partial charge in [0.05, 0.1) is 26.9 Å². The molecule has 7 nitrogen and oxygen atoms in total. The van der Waals surface area contributed by atoms with Crippen LogP contribution in [0.3, 0.4) is 0 Å². The summed E-state index contributed by atoms with van der Waals surface area (Å²) in [5, 5.41) is 2.82. The molecule has 0 aromatic heterocycles. The Hall–Kier alpha value is -2.70. The van der Waals surface area contributed by atoms with Gasteiger partial charge in [0, 0.05) is 6.54 Å². The predicted molar refractivity (Wildman–Crippen MR) is 105 cm³/mol. The highest BCUT2D eigenvalue weighted by Gasteiger charge is 2.22. The van der Waals surface area contributed by atoms with E-state index in [9.17, 15) is 9.59 Å². The van der Waals surface area contributed by atoms with Crippen LogP contribution in [0.5, 0.6) is 17.2 Å². The van der Waals surface area contributed by atoms with Crippen molar-refractivity contribution in [1.29, 1.82) is 0 Å². The maximum atomic E-state index is 12.5. The molecule has 1 amide bonds. The lowest BCUT2D eigenvalue weighted by atomic mass is 9.97. The van der Waals surface area contributed by atoms with Crippen molar-refractivity contribution < 1.29 is 28.5 Å². The molecular weight excluding hydrogens is 362 g/mol. The van der Waals surface area contributed by atoms with E-state index >= 15 is 0 Å². The van der Waals surface area contributed by atoms with E-state index in [1.807, 2.05) is 0 Å². The minimum atomic E-state index is -0.910. The third-order valence-corrected chi connectivity index (χ3v) is 4.68. The molecule has 154 valence electrons. The van der Waals surface area contributed by atoms with E-state index in [1.54, 1.807) is 6.92 Å². The van der Waals surface area contributed by atoms with Gasteiger partial charge in [0.25, 0.3) is 5.91 Å². The molecule has 0 aliphatic heterocycles. The SMILES string of the molecule is COc1cc(C(=O)O[C@@H](C)C(=O)NCCC2=CCCCC2)cc(OC)c1OC. The van der Waals surface area contributed by atoms with Gasteiger partial charge in [-0.1, -0.05) is 11.6 Å². The number of benzene rings is 1. The zero-order valence-corrected chi connectivity index (χ0v) is 17.0. The van der Waals surface area contributed by atoms with E-state index < -0.39 is 12.1 Å². The van der Waals surface area contributed by atoms with Gasteiger partial charge >= 0.3 is 5.97 Å². The van der Waals surface area contributed by atoms with Crippen LogP contribution in [0.15, 0.2) is 23.8 Å². The van der Waals surface area contributed by atoms with Gasteiger partial charge in [0.15, 0.2) is 17.6 Å². The molecule has 28 heavy (non-hydrogen) atoms. The van der Waals surface area contributed by atoms with Crippen LogP contribution < -0.4 is 19.5 Å². The van der Waals surface area contributed by atoms with Crippen molar-refractivity contribution in [1.82, 2.24) is 5.32 Å². The van der Waals surface area contributed by atoms with Crippen molar-refractivity contribution in [2.24, 2.45) is 0 Å². The number of hydrogen-bond donors (Lipinski definition) is 1. The van der Waals surface area contributed by atoms with Gasteiger partial charge in [-0.05, 0) is 51.2 Å². The van der Waals surface area contributed by atoms with Crippen LogP contribution in [-0.2, 0) is 9.53 Å². The van der Waals surface area contributed by atoms with Gasteiger partial charge in [-0.25, -0.2) is 4.79 Å². The van der Waals surface area contributed by atoms with Gasteiger partial charge in [0.1, 0.15) is 0 Å². The molecule has 0 unspecified atom stereocenters. The Balaban J connectivity index is 1.93. The number of rotatable bonds is 9. The lowest BCUT2D eigenvalue weighted by molar-refractivity contribution is -0.129. The van der Waals surface area contributed by atoms with Crippen LogP contribution in [-0.4, -0.2) is 45.9 Å². The molecule has 0 radical (unpaired) electrons. The molecular formula is C21H29NO6. The maximum absolute atomic E-state index is 12.5. The topological polar surface area (TPSA) is 83.1 Å². The fourth-order valence-electron chi connectivity index (χ4n) is 3.10. The Kier molecular flexibility index (Phi) is 8.17. The number of carbonyl (C=O) groups is 2. The zero-order chi connectivity index (χ0) is 20.5. The second kappa shape index (κ2) is 10.6. The van der Waals surface area contributed by atoms with Gasteiger partial charge in [-0.15, -0.1) is 0 Å². The first-order valence-electron chi connectivity index (χ1n) is 9.46. The Labute approximate surface area is 166 Å². The van der Waals surface area contributed by atoms with Crippen molar-refractivity contribution in [2.45, 2.75) is 45.1 Å². The standard InChI is InChI=1S/C21H29NO6/c1-14(20(23)22-11-10-15-8-6-5-7-9-15)28-21(24)16-12-17(25-2)19(27-4)18(13-16)26-3/h8,12-14H,5-7,9-11H2,1-4H3,(H,22,23)/t14-/m0/s1. The van der Waals surface area contributed by atoms with Crippen molar-refractivity contribution in [3.05, 3.63) is 29.3 Å². The summed E-state index contributed by atoms with van der Waals surface area (Å²) >= 11 is 0. The number of carbonyl (C=O) groups excluding carboxylic acids is 2. The monoisotopic (exact) mass is 391 g/mol. The van der Waals surface area contributed by atoms with E-state index in [2.05, 4.69) is 11.4 Å². The van der Waals surface area contributed by atoms with Crippen LogP contribution in [0.1, 0.15) is 49.4 Å².